The van der Waals surface area contributed by atoms with E-state index in [2.05, 4.69) is 10.1 Å². The van der Waals surface area contributed by atoms with Gasteiger partial charge in [-0.1, -0.05) is 71.7 Å². The van der Waals surface area contributed by atoms with Crippen LogP contribution in [0.5, 0.6) is 0 Å². The molecule has 0 atom stereocenters. The molecule has 5 rings (SSSR count). The number of nitrogens with one attached hydrogen (secondary N) is 1. The van der Waals surface area contributed by atoms with Crippen LogP contribution in [-0.2, 0) is 17.7 Å². The van der Waals surface area contributed by atoms with E-state index in [1.165, 1.54) is 7.11 Å². The summed E-state index contributed by atoms with van der Waals surface area (Å²) in [5.74, 6) is -0.139. The number of anilines is 1. The molecular formula is C32H25Cl2N3O4. The molecule has 9 heteroatoms. The van der Waals surface area contributed by atoms with E-state index < -0.39 is 12.1 Å². The van der Waals surface area contributed by atoms with Gasteiger partial charge in [-0.3, -0.25) is 5.32 Å². The van der Waals surface area contributed by atoms with Crippen molar-refractivity contribution in [1.82, 2.24) is 9.55 Å². The molecule has 0 spiro atoms. The number of hydrogen-bond donors (Lipinski definition) is 2. The number of carboxylic acid groups (broad SMARTS) is 1. The number of carbonyl (C=O) groups is 2. The summed E-state index contributed by atoms with van der Waals surface area (Å²) in [6.07, 6.45) is 1.98. The van der Waals surface area contributed by atoms with Crippen LogP contribution in [0.15, 0.2) is 97.2 Å². The molecule has 7 nitrogen and oxygen atoms in total. The molecule has 4 aromatic carbocycles. The molecule has 1 heterocycles. The lowest BCUT2D eigenvalue weighted by Gasteiger charge is -2.10. The molecular weight excluding hydrogens is 561 g/mol. The lowest BCUT2D eigenvalue weighted by atomic mass is 10.0. The molecule has 206 valence electrons. The van der Waals surface area contributed by atoms with Gasteiger partial charge in [-0.2, -0.15) is 0 Å². The molecule has 0 saturated heterocycles. The first-order chi connectivity index (χ1) is 19.8. The van der Waals surface area contributed by atoms with E-state index in [0.717, 1.165) is 39.3 Å². The van der Waals surface area contributed by atoms with Gasteiger partial charge >= 0.3 is 12.1 Å². The molecule has 0 bridgehead atoms. The van der Waals surface area contributed by atoms with Crippen LogP contribution in [0.1, 0.15) is 27.3 Å². The number of carbonyl (C=O) groups excluding carboxylic acids is 1. The van der Waals surface area contributed by atoms with Crippen LogP contribution < -0.4 is 5.32 Å². The zero-order chi connectivity index (χ0) is 28.9. The van der Waals surface area contributed by atoms with Crippen LogP contribution in [0.2, 0.25) is 10.0 Å². The number of carboxylic acids is 1. The Balaban J connectivity index is 1.43. The van der Waals surface area contributed by atoms with Crippen LogP contribution in [0.4, 0.5) is 10.5 Å². The molecule has 0 aliphatic rings. The smallest absolute Gasteiger partial charge is 0.411 e. The van der Waals surface area contributed by atoms with Gasteiger partial charge < -0.3 is 14.4 Å². The van der Waals surface area contributed by atoms with Crippen molar-refractivity contribution < 1.29 is 19.4 Å². The Hall–Kier alpha value is -4.59. The number of aromatic carboxylic acids is 1. The van der Waals surface area contributed by atoms with E-state index in [9.17, 15) is 14.7 Å². The first kappa shape index (κ1) is 28.0. The number of halogens is 2. The van der Waals surface area contributed by atoms with E-state index in [0.29, 0.717) is 28.7 Å². The van der Waals surface area contributed by atoms with Gasteiger partial charge in [0.25, 0.3) is 0 Å². The topological polar surface area (TPSA) is 93.5 Å². The Morgan fingerprint density at radius 1 is 0.902 bits per heavy atom. The summed E-state index contributed by atoms with van der Waals surface area (Å²) >= 11 is 12.6. The third kappa shape index (κ3) is 6.77. The van der Waals surface area contributed by atoms with E-state index in [-0.39, 0.29) is 5.56 Å². The summed E-state index contributed by atoms with van der Waals surface area (Å²) < 4.78 is 6.73. The van der Waals surface area contributed by atoms with Crippen molar-refractivity contribution in [3.8, 4) is 22.4 Å². The largest absolute Gasteiger partial charge is 0.478 e. The predicted molar refractivity (Wildman–Crippen MR) is 161 cm³/mol. The molecule has 1 aromatic heterocycles. The Morgan fingerprint density at radius 3 is 2.32 bits per heavy atom. The molecule has 0 saturated carbocycles. The standard InChI is InChI=1S/C32H25Cl2N3O4/c1-41-32(40)35-26-4-2-3-24(16-26)22-9-5-20(6-10-22)15-30-36-29(27-14-13-25(33)17-28(27)34)19-37(30)18-21-7-11-23(12-8-21)31(38)39/h2-14,16-17,19H,15,18H2,1H3,(H,35,40)(H,38,39). The fourth-order valence-corrected chi connectivity index (χ4v) is 4.96. The number of rotatable bonds is 8. The first-order valence-electron chi connectivity index (χ1n) is 12.7. The number of nitrogens with zero attached hydrogens (tertiary/aromatic N) is 2. The van der Waals surface area contributed by atoms with Crippen LogP contribution in [-0.4, -0.2) is 33.8 Å². The Bertz CT molecular complexity index is 1710. The highest BCUT2D eigenvalue weighted by Gasteiger charge is 2.14. The van der Waals surface area contributed by atoms with Crippen LogP contribution in [0.25, 0.3) is 22.4 Å². The number of hydrogen-bond acceptors (Lipinski definition) is 4. The monoisotopic (exact) mass is 585 g/mol. The van der Waals surface area contributed by atoms with E-state index in [1.807, 2.05) is 59.3 Å². The zero-order valence-corrected chi connectivity index (χ0v) is 23.5. The van der Waals surface area contributed by atoms with E-state index in [4.69, 9.17) is 28.2 Å². The van der Waals surface area contributed by atoms with Gasteiger partial charge in [0.05, 0.1) is 23.4 Å². The summed E-state index contributed by atoms with van der Waals surface area (Å²) in [7, 11) is 1.32. The Morgan fingerprint density at radius 2 is 1.63 bits per heavy atom. The second kappa shape index (κ2) is 12.3. The molecule has 41 heavy (non-hydrogen) atoms. The molecule has 0 unspecified atom stereocenters. The van der Waals surface area contributed by atoms with Gasteiger partial charge in [0.15, 0.2) is 0 Å². The van der Waals surface area contributed by atoms with Crippen LogP contribution >= 0.6 is 23.2 Å². The summed E-state index contributed by atoms with van der Waals surface area (Å²) in [4.78, 5) is 27.8. The minimum absolute atomic E-state index is 0.236. The summed E-state index contributed by atoms with van der Waals surface area (Å²) in [5.41, 5.74) is 6.32. The number of imidazole rings is 1. The average molecular weight is 586 g/mol. The highest BCUT2D eigenvalue weighted by Crippen LogP contribution is 2.31. The average Bonchev–Trinajstić information content (AvgIpc) is 3.35. The predicted octanol–water partition coefficient (Wildman–Crippen LogP) is 8.04. The van der Waals surface area contributed by atoms with E-state index in [1.54, 1.807) is 42.5 Å². The second-order valence-corrected chi connectivity index (χ2v) is 10.2. The number of aromatic nitrogens is 2. The van der Waals surface area contributed by atoms with Gasteiger partial charge in [-0.15, -0.1) is 0 Å². The third-order valence-corrected chi connectivity index (χ3v) is 7.11. The van der Waals surface area contributed by atoms with Gasteiger partial charge in [-0.05, 0) is 64.7 Å². The normalized spacial score (nSPS) is 10.8. The van der Waals surface area contributed by atoms with Gasteiger partial charge in [0.1, 0.15) is 5.82 Å². The van der Waals surface area contributed by atoms with Crippen molar-refractivity contribution in [2.75, 3.05) is 12.4 Å². The fraction of sp³-hybridized carbons (Fsp3) is 0.0938. The van der Waals surface area contributed by atoms with E-state index >= 15 is 0 Å². The molecule has 2 N–H and O–H groups in total. The maximum absolute atomic E-state index is 11.6. The number of amides is 1. The maximum Gasteiger partial charge on any atom is 0.411 e. The lowest BCUT2D eigenvalue weighted by Crippen LogP contribution is -2.10. The number of ether oxygens (including phenoxy) is 1. The minimum Gasteiger partial charge on any atom is -0.478 e. The highest BCUT2D eigenvalue weighted by molar-refractivity contribution is 6.36. The summed E-state index contributed by atoms with van der Waals surface area (Å²) in [6.45, 7) is 0.505. The van der Waals surface area contributed by atoms with Gasteiger partial charge in [0.2, 0.25) is 0 Å². The minimum atomic E-state index is -0.963. The Kier molecular flexibility index (Phi) is 8.38. The van der Waals surface area contributed by atoms with Gasteiger partial charge in [0, 0.05) is 35.4 Å². The summed E-state index contributed by atoms with van der Waals surface area (Å²) in [5, 5.41) is 13.0. The SMILES string of the molecule is COC(=O)Nc1cccc(-c2ccc(Cc3nc(-c4ccc(Cl)cc4Cl)cn3Cc3ccc(C(=O)O)cc3)cc2)c1. The maximum atomic E-state index is 11.6. The van der Waals surface area contributed by atoms with Crippen LogP contribution in [0.3, 0.4) is 0 Å². The molecule has 0 aliphatic carbocycles. The van der Waals surface area contributed by atoms with Crippen molar-refractivity contribution in [2.24, 2.45) is 0 Å². The van der Waals surface area contributed by atoms with Crippen LogP contribution in [0, 0.1) is 0 Å². The quantitative estimate of drug-likeness (QED) is 0.192. The third-order valence-electron chi connectivity index (χ3n) is 6.56. The zero-order valence-electron chi connectivity index (χ0n) is 22.0. The second-order valence-electron chi connectivity index (χ2n) is 9.37. The molecule has 1 amide bonds. The number of methoxy groups -OCH3 is 1. The summed E-state index contributed by atoms with van der Waals surface area (Å²) in [6, 6.07) is 27.8. The van der Waals surface area contributed by atoms with Gasteiger partial charge in [-0.25, -0.2) is 14.6 Å². The van der Waals surface area contributed by atoms with Crippen molar-refractivity contribution >= 4 is 41.0 Å². The lowest BCUT2D eigenvalue weighted by molar-refractivity contribution is 0.0697. The Labute approximate surface area is 247 Å². The van der Waals surface area contributed by atoms with Crippen molar-refractivity contribution in [3.63, 3.8) is 0 Å². The molecule has 5 aromatic rings. The fourth-order valence-electron chi connectivity index (χ4n) is 4.45. The van der Waals surface area contributed by atoms with Crippen molar-refractivity contribution in [3.05, 3.63) is 130 Å². The first-order valence-corrected chi connectivity index (χ1v) is 13.4. The number of benzene rings is 4. The van der Waals surface area contributed by atoms with Crippen molar-refractivity contribution in [1.29, 1.82) is 0 Å². The molecule has 0 radical (unpaired) electrons. The highest BCUT2D eigenvalue weighted by atomic mass is 35.5. The molecule has 0 fully saturated rings. The molecule has 0 aliphatic heterocycles. The van der Waals surface area contributed by atoms with Crippen molar-refractivity contribution in [2.45, 2.75) is 13.0 Å².